The Balaban J connectivity index is 1.80. The van der Waals surface area contributed by atoms with E-state index in [4.69, 9.17) is 10.2 Å². The van der Waals surface area contributed by atoms with E-state index < -0.39 is 55.5 Å². The molecule has 1 heterocycles. The molecule has 1 aromatic heterocycles. The minimum atomic E-state index is -1.70. The second-order valence-corrected chi connectivity index (χ2v) is 8.72. The molecule has 0 saturated carbocycles. The molecule has 0 spiro atoms. The van der Waals surface area contributed by atoms with Crippen molar-refractivity contribution in [3.8, 4) is 5.69 Å². The summed E-state index contributed by atoms with van der Waals surface area (Å²) in [6.07, 6.45) is 1.75. The molecule has 218 valence electrons. The number of aromatic nitrogens is 3. The summed E-state index contributed by atoms with van der Waals surface area (Å²) >= 11 is 0. The lowest BCUT2D eigenvalue weighted by Gasteiger charge is -2.24. The van der Waals surface area contributed by atoms with Crippen LogP contribution in [0.25, 0.3) is 5.69 Å². The number of carbonyl (C=O) groups is 5. The quantitative estimate of drug-likeness (QED) is 0.0907. The fourth-order valence-corrected chi connectivity index (χ4v) is 3.55. The molecule has 0 fully saturated rings. The van der Waals surface area contributed by atoms with Gasteiger partial charge in [0, 0.05) is 18.5 Å². The van der Waals surface area contributed by atoms with Crippen LogP contribution in [0.4, 0.5) is 9.18 Å². The van der Waals surface area contributed by atoms with Gasteiger partial charge < -0.3 is 26.0 Å². The Morgan fingerprint density at radius 3 is 2.27 bits per heavy atom. The Morgan fingerprint density at radius 2 is 1.68 bits per heavy atom. The molecule has 15 nitrogen and oxygen atoms in total. The molecule has 0 aliphatic carbocycles. The lowest BCUT2D eigenvalue weighted by atomic mass is 10.1. The predicted octanol–water partition coefficient (Wildman–Crippen LogP) is 1.24. The fraction of sp³-hybridized carbons (Fsp3) is 0.458. The molecule has 16 heteroatoms. The fourth-order valence-electron chi connectivity index (χ4n) is 3.55. The third-order valence-electron chi connectivity index (χ3n) is 5.72. The van der Waals surface area contributed by atoms with E-state index in [9.17, 15) is 38.7 Å². The average molecular weight is 567 g/mol. The summed E-state index contributed by atoms with van der Waals surface area (Å²) in [6.45, 7) is -0.276. The van der Waals surface area contributed by atoms with Crippen molar-refractivity contribution in [2.45, 2.75) is 57.0 Å². The maximum Gasteiger partial charge on any atom is 0.342 e. The summed E-state index contributed by atoms with van der Waals surface area (Å²) < 4.78 is 13.8. The van der Waals surface area contributed by atoms with Crippen LogP contribution < -0.4 is 10.6 Å². The number of aryl methyl sites for hydroxylation is 1. The van der Waals surface area contributed by atoms with E-state index in [1.807, 2.05) is 5.32 Å². The van der Waals surface area contributed by atoms with Gasteiger partial charge in [-0.2, -0.15) is 5.06 Å². The highest BCUT2D eigenvalue weighted by molar-refractivity contribution is 5.94. The number of hydroxylamine groups is 2. The van der Waals surface area contributed by atoms with Crippen LogP contribution in [0, 0.1) is 0 Å². The van der Waals surface area contributed by atoms with Crippen molar-refractivity contribution >= 4 is 29.8 Å². The van der Waals surface area contributed by atoms with E-state index in [1.165, 1.54) is 4.68 Å². The summed E-state index contributed by atoms with van der Waals surface area (Å²) in [6, 6.07) is 1.75. The normalized spacial score (nSPS) is 12.2. The molecule has 0 aliphatic rings. The highest BCUT2D eigenvalue weighted by atomic mass is 19.1. The van der Waals surface area contributed by atoms with Gasteiger partial charge in [0.25, 0.3) is 5.91 Å². The molecule has 2 aromatic rings. The second kappa shape index (κ2) is 15.7. The van der Waals surface area contributed by atoms with Gasteiger partial charge in [0.1, 0.15) is 6.04 Å². The number of benzene rings is 1. The van der Waals surface area contributed by atoms with E-state index >= 15 is 0 Å². The lowest BCUT2D eigenvalue weighted by Crippen LogP contribution is -2.52. The maximum absolute atomic E-state index is 12.4. The second-order valence-electron chi connectivity index (χ2n) is 8.72. The minimum absolute atomic E-state index is 0.141. The van der Waals surface area contributed by atoms with Gasteiger partial charge in [-0.1, -0.05) is 5.21 Å². The minimum Gasteiger partial charge on any atom is -0.481 e. The molecular formula is C24H31FN6O9. The average Bonchev–Trinajstić information content (AvgIpc) is 3.39. The summed E-state index contributed by atoms with van der Waals surface area (Å²) in [5, 5.41) is 49.6. The summed E-state index contributed by atoms with van der Waals surface area (Å²) in [4.78, 5) is 58.0. The van der Waals surface area contributed by atoms with Crippen molar-refractivity contribution < 1.29 is 48.9 Å². The number of nitrogens with zero attached hydrogens (tertiary/aromatic N) is 4. The number of aliphatic carboxylic acids is 3. The summed E-state index contributed by atoms with van der Waals surface area (Å²) in [7, 11) is 0. The number of rotatable bonds is 17. The number of alkyl halides is 1. The highest BCUT2D eigenvalue weighted by Gasteiger charge is 2.31. The number of carbonyl (C=O) groups excluding carboxylic acids is 2. The van der Waals surface area contributed by atoms with Crippen molar-refractivity contribution in [3.05, 3.63) is 41.7 Å². The van der Waals surface area contributed by atoms with Gasteiger partial charge in [0.15, 0.2) is 6.04 Å². The van der Waals surface area contributed by atoms with E-state index in [1.54, 1.807) is 30.5 Å². The molecule has 0 saturated heterocycles. The first-order valence-electron chi connectivity index (χ1n) is 12.3. The van der Waals surface area contributed by atoms with Crippen LogP contribution >= 0.6 is 0 Å². The van der Waals surface area contributed by atoms with Crippen molar-refractivity contribution in [2.75, 3.05) is 13.2 Å². The Hall–Kier alpha value is -4.60. The van der Waals surface area contributed by atoms with Crippen LogP contribution in [0.3, 0.4) is 0 Å². The van der Waals surface area contributed by atoms with Crippen LogP contribution in [0.2, 0.25) is 0 Å². The third-order valence-corrected chi connectivity index (χ3v) is 5.72. The first-order valence-corrected chi connectivity index (χ1v) is 12.3. The molecule has 0 bridgehead atoms. The third kappa shape index (κ3) is 9.94. The van der Waals surface area contributed by atoms with Crippen LogP contribution in [0.1, 0.15) is 54.6 Å². The van der Waals surface area contributed by atoms with Crippen molar-refractivity contribution in [1.29, 1.82) is 0 Å². The molecule has 3 amide bonds. The van der Waals surface area contributed by atoms with E-state index in [0.29, 0.717) is 36.2 Å². The summed E-state index contributed by atoms with van der Waals surface area (Å²) in [5.74, 6) is -4.76. The van der Waals surface area contributed by atoms with Crippen LogP contribution in [-0.2, 0) is 20.8 Å². The van der Waals surface area contributed by atoms with Crippen LogP contribution in [0.15, 0.2) is 30.5 Å². The number of urea groups is 1. The van der Waals surface area contributed by atoms with Gasteiger partial charge in [0.05, 0.1) is 24.3 Å². The Labute approximate surface area is 227 Å². The van der Waals surface area contributed by atoms with Gasteiger partial charge in [-0.25, -0.2) is 19.1 Å². The number of unbranched alkanes of at least 4 members (excludes halogenated alkanes) is 1. The maximum atomic E-state index is 12.4. The molecule has 0 aliphatic heterocycles. The Morgan fingerprint density at radius 1 is 0.975 bits per heavy atom. The number of hydrogen-bond acceptors (Lipinski definition) is 8. The molecule has 6 N–H and O–H groups in total. The Kier molecular flexibility index (Phi) is 12.4. The number of carboxylic acid groups (broad SMARTS) is 3. The zero-order valence-electron chi connectivity index (χ0n) is 21.4. The molecule has 1 unspecified atom stereocenters. The van der Waals surface area contributed by atoms with E-state index in [0.717, 1.165) is 0 Å². The molecule has 0 radical (unpaired) electrons. The number of halogens is 1. The largest absolute Gasteiger partial charge is 0.481 e. The highest BCUT2D eigenvalue weighted by Crippen LogP contribution is 2.12. The molecular weight excluding hydrogens is 535 g/mol. The van der Waals surface area contributed by atoms with Gasteiger partial charge in [-0.15, -0.1) is 5.10 Å². The molecule has 2 rings (SSSR count). The number of amides is 3. The van der Waals surface area contributed by atoms with Gasteiger partial charge in [-0.05, 0) is 62.8 Å². The topological polar surface area (TPSA) is 224 Å². The van der Waals surface area contributed by atoms with E-state index in [-0.39, 0.29) is 30.4 Å². The van der Waals surface area contributed by atoms with Crippen LogP contribution in [-0.4, -0.2) is 95.7 Å². The smallest absolute Gasteiger partial charge is 0.342 e. The number of hydrogen-bond donors (Lipinski definition) is 6. The predicted molar refractivity (Wildman–Crippen MR) is 134 cm³/mol. The van der Waals surface area contributed by atoms with E-state index in [2.05, 4.69) is 15.6 Å². The zero-order valence-corrected chi connectivity index (χ0v) is 21.4. The number of nitrogens with one attached hydrogen (secondary N) is 2. The molecule has 1 aromatic carbocycles. The Bertz CT molecular complexity index is 1170. The zero-order chi connectivity index (χ0) is 29.7. The van der Waals surface area contributed by atoms with Crippen molar-refractivity contribution in [2.24, 2.45) is 0 Å². The lowest BCUT2D eigenvalue weighted by molar-refractivity contribution is -0.157. The molecule has 2 atom stereocenters. The SMILES string of the molecule is O=C(O)CCC(NC(=O)N(O)[C@@H](CCCCNC(=O)c1ccc(-n2cc(CCCF)nn2)cc1)C(=O)O)C(=O)O. The van der Waals surface area contributed by atoms with Gasteiger partial charge in [0.2, 0.25) is 0 Å². The van der Waals surface area contributed by atoms with Crippen LogP contribution in [0.5, 0.6) is 0 Å². The van der Waals surface area contributed by atoms with Crippen molar-refractivity contribution in [1.82, 2.24) is 30.7 Å². The van der Waals surface area contributed by atoms with Crippen molar-refractivity contribution in [3.63, 3.8) is 0 Å². The monoisotopic (exact) mass is 566 g/mol. The number of carboxylic acids is 3. The molecule has 40 heavy (non-hydrogen) atoms. The van der Waals surface area contributed by atoms with Gasteiger partial charge in [-0.3, -0.25) is 19.2 Å². The van der Waals surface area contributed by atoms with Gasteiger partial charge >= 0.3 is 23.9 Å². The first-order chi connectivity index (χ1) is 19.0. The standard InChI is InChI=1S/C24H31FN6O9/c25-12-3-4-16-14-30(29-28-16)17-8-6-15(7-9-17)21(34)26-13-2-1-5-19(23(37)38)31(40)24(39)27-18(22(35)36)10-11-20(32)33/h6-9,14,18-19,40H,1-5,10-13H2,(H,26,34)(H,27,39)(H,32,33)(H,35,36)(H,37,38)/t18?,19-/m0/s1. The first kappa shape index (κ1) is 31.6. The summed E-state index contributed by atoms with van der Waals surface area (Å²) in [5.41, 5.74) is 1.66.